The van der Waals surface area contributed by atoms with Gasteiger partial charge in [0.25, 0.3) is 0 Å². The quantitative estimate of drug-likeness (QED) is 0.163. The zero-order chi connectivity index (χ0) is 17.7. The zero-order valence-electron chi connectivity index (χ0n) is 17.5. The lowest BCUT2D eigenvalue weighted by Crippen LogP contribution is -1.84. The van der Waals surface area contributed by atoms with Crippen LogP contribution in [0.1, 0.15) is 143 Å². The molecule has 0 nitrogen and oxygen atoms in total. The average molecular weight is 337 g/mol. The summed E-state index contributed by atoms with van der Waals surface area (Å²) in [5.41, 5.74) is 1.64. The van der Waals surface area contributed by atoms with Crippen LogP contribution in [-0.2, 0) is 0 Å². The van der Waals surface area contributed by atoms with Crippen LogP contribution >= 0.6 is 0 Å². The molecule has 0 N–H and O–H groups in total. The molecule has 0 radical (unpaired) electrons. The minimum absolute atomic E-state index is 1.32. The normalized spacial score (nSPS) is 12.0. The van der Waals surface area contributed by atoms with Crippen molar-refractivity contribution in [3.63, 3.8) is 0 Å². The second-order valence-electron chi connectivity index (χ2n) is 7.89. The van der Waals surface area contributed by atoms with Crippen molar-refractivity contribution >= 4 is 0 Å². The fraction of sp³-hybridized carbons (Fsp3) is 0.917. The van der Waals surface area contributed by atoms with Crippen molar-refractivity contribution in [2.75, 3.05) is 0 Å². The molecule has 24 heavy (non-hydrogen) atoms. The summed E-state index contributed by atoms with van der Waals surface area (Å²) >= 11 is 0. The molecule has 0 aliphatic heterocycles. The highest BCUT2D eigenvalue weighted by Gasteiger charge is 1.95. The first-order chi connectivity index (χ1) is 11.8. The molecule has 0 aliphatic rings. The molecule has 0 rings (SSSR count). The van der Waals surface area contributed by atoms with Crippen LogP contribution < -0.4 is 0 Å². The van der Waals surface area contributed by atoms with E-state index >= 15 is 0 Å². The maximum absolute atomic E-state index is 2.52. The second kappa shape index (κ2) is 20.8. The van der Waals surface area contributed by atoms with Gasteiger partial charge in [-0.2, -0.15) is 0 Å². The topological polar surface area (TPSA) is 0 Å². The number of allylic oxidation sites excluding steroid dienone is 2. The van der Waals surface area contributed by atoms with Crippen LogP contribution in [-0.4, -0.2) is 0 Å². The van der Waals surface area contributed by atoms with Crippen molar-refractivity contribution in [2.24, 2.45) is 0 Å². The van der Waals surface area contributed by atoms with E-state index in [1.165, 1.54) is 122 Å². The Morgan fingerprint density at radius 2 is 0.875 bits per heavy atom. The molecule has 144 valence electrons. The van der Waals surface area contributed by atoms with Gasteiger partial charge in [0.15, 0.2) is 0 Å². The maximum atomic E-state index is 2.52. The van der Waals surface area contributed by atoms with Crippen LogP contribution in [0.2, 0.25) is 0 Å². The van der Waals surface area contributed by atoms with Gasteiger partial charge in [-0.1, -0.05) is 122 Å². The summed E-state index contributed by atoms with van der Waals surface area (Å²) in [5.74, 6) is 0. The molecule has 0 unspecified atom stereocenters. The van der Waals surface area contributed by atoms with E-state index in [4.69, 9.17) is 0 Å². The van der Waals surface area contributed by atoms with E-state index in [0.29, 0.717) is 0 Å². The Kier molecular flexibility index (Phi) is 20.6. The Balaban J connectivity index is 3.23. The Morgan fingerprint density at radius 3 is 1.33 bits per heavy atom. The predicted octanol–water partition coefficient (Wildman–Crippen LogP) is 9.38. The molecule has 0 heterocycles. The third-order valence-corrected chi connectivity index (χ3v) is 5.23. The average Bonchev–Trinajstić information content (AvgIpc) is 2.59. The van der Waals surface area contributed by atoms with Gasteiger partial charge in [-0.25, -0.2) is 0 Å². The summed E-state index contributed by atoms with van der Waals surface area (Å²) in [6.07, 6.45) is 29.6. The predicted molar refractivity (Wildman–Crippen MR) is 113 cm³/mol. The van der Waals surface area contributed by atoms with E-state index in [0.717, 1.165) is 0 Å². The van der Waals surface area contributed by atoms with Gasteiger partial charge in [0, 0.05) is 0 Å². The molecule has 0 aromatic rings. The van der Waals surface area contributed by atoms with Crippen LogP contribution in [0.3, 0.4) is 0 Å². The molecule has 0 amide bonds. The largest absolute Gasteiger partial charge is 0.0856 e. The minimum Gasteiger partial charge on any atom is -0.0856 e. The fourth-order valence-corrected chi connectivity index (χ4v) is 3.44. The third kappa shape index (κ3) is 19.8. The molecule has 0 bridgehead atoms. The maximum Gasteiger partial charge on any atom is -0.0323 e. The van der Waals surface area contributed by atoms with Crippen LogP contribution in [0.4, 0.5) is 0 Å². The smallest absolute Gasteiger partial charge is 0.0323 e. The zero-order valence-corrected chi connectivity index (χ0v) is 17.5. The molecular weight excluding hydrogens is 288 g/mol. The van der Waals surface area contributed by atoms with Crippen molar-refractivity contribution < 1.29 is 0 Å². The van der Waals surface area contributed by atoms with E-state index < -0.39 is 0 Å². The molecular formula is C24H48. The summed E-state index contributed by atoms with van der Waals surface area (Å²) in [6.45, 7) is 6.93. The lowest BCUT2D eigenvalue weighted by atomic mass is 10.0. The molecule has 0 atom stereocenters. The van der Waals surface area contributed by atoms with Gasteiger partial charge in [-0.15, -0.1) is 0 Å². The van der Waals surface area contributed by atoms with E-state index in [2.05, 4.69) is 26.8 Å². The van der Waals surface area contributed by atoms with Crippen LogP contribution in [0.5, 0.6) is 0 Å². The van der Waals surface area contributed by atoms with Gasteiger partial charge in [0.05, 0.1) is 0 Å². The van der Waals surface area contributed by atoms with Gasteiger partial charge in [-0.05, 0) is 32.6 Å². The Morgan fingerprint density at radius 1 is 0.500 bits per heavy atom. The first kappa shape index (κ1) is 23.7. The SMILES string of the molecule is CCCCCCCCCC/C=C(\C)CCCCCCCCCCC. The summed E-state index contributed by atoms with van der Waals surface area (Å²) in [7, 11) is 0. The lowest BCUT2D eigenvalue weighted by molar-refractivity contribution is 0.563. The number of rotatable bonds is 19. The van der Waals surface area contributed by atoms with E-state index in [1.807, 2.05) is 0 Å². The van der Waals surface area contributed by atoms with Crippen LogP contribution in [0.15, 0.2) is 11.6 Å². The molecule has 0 fully saturated rings. The highest BCUT2D eigenvalue weighted by molar-refractivity contribution is 4.97. The first-order valence-corrected chi connectivity index (χ1v) is 11.5. The molecule has 0 saturated heterocycles. The number of hydrogen-bond acceptors (Lipinski definition) is 0. The standard InChI is InChI=1S/C24H48/c1-4-6-8-10-12-14-16-18-20-22-24(3)23-21-19-17-15-13-11-9-7-5-2/h22H,4-21,23H2,1-3H3/b24-22+. The van der Waals surface area contributed by atoms with Gasteiger partial charge in [0.2, 0.25) is 0 Å². The molecule has 0 heteroatoms. The minimum atomic E-state index is 1.32. The van der Waals surface area contributed by atoms with Gasteiger partial charge in [0.1, 0.15) is 0 Å². The first-order valence-electron chi connectivity index (χ1n) is 11.5. The summed E-state index contributed by atoms with van der Waals surface area (Å²) < 4.78 is 0. The molecule has 0 spiro atoms. The number of hydrogen-bond donors (Lipinski definition) is 0. The molecule has 0 aliphatic carbocycles. The molecule has 0 aromatic carbocycles. The lowest BCUT2D eigenvalue weighted by Gasteiger charge is -2.04. The van der Waals surface area contributed by atoms with Gasteiger partial charge in [-0.3, -0.25) is 0 Å². The van der Waals surface area contributed by atoms with Crippen LogP contribution in [0.25, 0.3) is 0 Å². The monoisotopic (exact) mass is 336 g/mol. The fourth-order valence-electron chi connectivity index (χ4n) is 3.44. The van der Waals surface area contributed by atoms with Crippen molar-refractivity contribution in [1.29, 1.82) is 0 Å². The Labute approximate surface area is 154 Å². The van der Waals surface area contributed by atoms with Crippen molar-refractivity contribution in [1.82, 2.24) is 0 Å². The summed E-state index contributed by atoms with van der Waals surface area (Å²) in [4.78, 5) is 0. The van der Waals surface area contributed by atoms with Crippen molar-refractivity contribution in [3.8, 4) is 0 Å². The molecule has 0 aromatic heterocycles. The van der Waals surface area contributed by atoms with Crippen molar-refractivity contribution in [2.45, 2.75) is 143 Å². The van der Waals surface area contributed by atoms with E-state index in [-0.39, 0.29) is 0 Å². The Bertz CT molecular complexity index is 251. The highest BCUT2D eigenvalue weighted by Crippen LogP contribution is 2.15. The van der Waals surface area contributed by atoms with Crippen LogP contribution in [0, 0.1) is 0 Å². The highest BCUT2D eigenvalue weighted by atomic mass is 14.0. The molecule has 0 saturated carbocycles. The van der Waals surface area contributed by atoms with E-state index in [1.54, 1.807) is 5.57 Å². The van der Waals surface area contributed by atoms with Gasteiger partial charge >= 0.3 is 0 Å². The number of unbranched alkanes of at least 4 members (excludes halogenated alkanes) is 16. The summed E-state index contributed by atoms with van der Waals surface area (Å²) in [6, 6.07) is 0. The Hall–Kier alpha value is -0.260. The second-order valence-corrected chi connectivity index (χ2v) is 7.89. The van der Waals surface area contributed by atoms with Gasteiger partial charge < -0.3 is 0 Å². The van der Waals surface area contributed by atoms with E-state index in [9.17, 15) is 0 Å². The van der Waals surface area contributed by atoms with Crippen molar-refractivity contribution in [3.05, 3.63) is 11.6 Å². The third-order valence-electron chi connectivity index (χ3n) is 5.23. The summed E-state index contributed by atoms with van der Waals surface area (Å²) in [5, 5.41) is 0.